The van der Waals surface area contributed by atoms with E-state index in [0.717, 1.165) is 27.6 Å². The molecule has 0 saturated carbocycles. The molecule has 2 aromatic carbocycles. The van der Waals surface area contributed by atoms with Gasteiger partial charge in [0, 0.05) is 24.0 Å². The van der Waals surface area contributed by atoms with Gasteiger partial charge in [0.2, 0.25) is 15.9 Å². The fourth-order valence-corrected chi connectivity index (χ4v) is 4.85. The smallest absolute Gasteiger partial charge is 0.243 e. The van der Waals surface area contributed by atoms with Crippen LogP contribution in [-0.2, 0) is 21.4 Å². The summed E-state index contributed by atoms with van der Waals surface area (Å²) in [7, 11) is -3.73. The molecule has 0 spiro atoms. The number of rotatable bonds is 7. The van der Waals surface area contributed by atoms with Crippen molar-refractivity contribution in [3.63, 3.8) is 0 Å². The lowest BCUT2D eigenvalue weighted by Gasteiger charge is -2.29. The van der Waals surface area contributed by atoms with Gasteiger partial charge >= 0.3 is 0 Å². The number of nitrogens with one attached hydrogen (secondary N) is 1. The van der Waals surface area contributed by atoms with Gasteiger partial charge in [-0.05, 0) is 50.1 Å². The Bertz CT molecular complexity index is 1210. The molecule has 0 radical (unpaired) electrons. The number of benzene rings is 2. The van der Waals surface area contributed by atoms with Crippen molar-refractivity contribution < 1.29 is 13.2 Å². The Balaban J connectivity index is 1.85. The number of carbonyl (C=O) groups is 1. The van der Waals surface area contributed by atoms with Crippen LogP contribution in [-0.4, -0.2) is 36.2 Å². The van der Waals surface area contributed by atoms with Crippen LogP contribution >= 0.6 is 11.6 Å². The van der Waals surface area contributed by atoms with E-state index in [-0.39, 0.29) is 6.54 Å². The molecule has 9 heteroatoms. The van der Waals surface area contributed by atoms with Crippen molar-refractivity contribution in [3.8, 4) is 5.69 Å². The van der Waals surface area contributed by atoms with Crippen LogP contribution in [0.15, 0.2) is 54.9 Å². The number of aryl methyl sites for hydroxylation is 2. The number of hydrogen-bond donors (Lipinski definition) is 1. The average Bonchev–Trinajstić information content (AvgIpc) is 3.13. The molecular formula is C22H25ClN4O3S. The fourth-order valence-electron chi connectivity index (χ4n) is 3.46. The highest BCUT2D eigenvalue weighted by Gasteiger charge is 2.30. The van der Waals surface area contributed by atoms with Gasteiger partial charge in [0.05, 0.1) is 17.6 Å². The van der Waals surface area contributed by atoms with Gasteiger partial charge in [0.1, 0.15) is 11.9 Å². The third-order valence-corrected chi connectivity index (χ3v) is 6.49. The Kier molecular flexibility index (Phi) is 6.71. The van der Waals surface area contributed by atoms with Crippen molar-refractivity contribution in [1.29, 1.82) is 0 Å². The Morgan fingerprint density at radius 1 is 1.23 bits per heavy atom. The molecule has 164 valence electrons. The molecule has 0 fully saturated rings. The van der Waals surface area contributed by atoms with Crippen molar-refractivity contribution in [2.75, 3.05) is 10.6 Å². The highest BCUT2D eigenvalue weighted by Crippen LogP contribution is 2.28. The minimum Gasteiger partial charge on any atom is -0.350 e. The number of hydrogen-bond acceptors (Lipinski definition) is 4. The number of sulfonamides is 1. The number of imidazole rings is 1. The third kappa shape index (κ3) is 5.08. The molecule has 0 saturated heterocycles. The molecule has 7 nitrogen and oxygen atoms in total. The summed E-state index contributed by atoms with van der Waals surface area (Å²) in [5.74, 6) is 0.411. The van der Waals surface area contributed by atoms with Crippen molar-refractivity contribution >= 4 is 33.2 Å². The van der Waals surface area contributed by atoms with E-state index in [9.17, 15) is 13.2 Å². The van der Waals surface area contributed by atoms with Crippen molar-refractivity contribution in [1.82, 2.24) is 14.9 Å². The molecule has 0 aliphatic heterocycles. The monoisotopic (exact) mass is 460 g/mol. The van der Waals surface area contributed by atoms with Gasteiger partial charge in [-0.2, -0.15) is 0 Å². The predicted molar refractivity (Wildman–Crippen MR) is 123 cm³/mol. The van der Waals surface area contributed by atoms with Crippen LogP contribution in [0.2, 0.25) is 5.02 Å². The lowest BCUT2D eigenvalue weighted by molar-refractivity contribution is -0.122. The minimum atomic E-state index is -3.73. The lowest BCUT2D eigenvalue weighted by Crippen LogP contribution is -2.48. The first-order chi connectivity index (χ1) is 14.6. The summed E-state index contributed by atoms with van der Waals surface area (Å²) in [5, 5.41) is 3.26. The molecule has 0 unspecified atom stereocenters. The maximum atomic E-state index is 13.0. The van der Waals surface area contributed by atoms with Gasteiger partial charge < -0.3 is 9.88 Å². The molecule has 1 aromatic heterocycles. The first kappa shape index (κ1) is 22.8. The lowest BCUT2D eigenvalue weighted by atomic mass is 10.1. The van der Waals surface area contributed by atoms with E-state index in [1.165, 1.54) is 0 Å². The van der Waals surface area contributed by atoms with Crippen LogP contribution in [0.3, 0.4) is 0 Å². The number of aromatic nitrogens is 2. The summed E-state index contributed by atoms with van der Waals surface area (Å²) in [6.45, 7) is 5.47. The fraction of sp³-hybridized carbons (Fsp3) is 0.273. The van der Waals surface area contributed by atoms with Crippen LogP contribution in [0.5, 0.6) is 0 Å². The van der Waals surface area contributed by atoms with Crippen LogP contribution in [0.25, 0.3) is 5.69 Å². The summed E-state index contributed by atoms with van der Waals surface area (Å²) in [6, 6.07) is 11.7. The molecular weight excluding hydrogens is 436 g/mol. The van der Waals surface area contributed by atoms with Crippen molar-refractivity contribution in [3.05, 3.63) is 76.8 Å². The van der Waals surface area contributed by atoms with Crippen LogP contribution in [0.4, 0.5) is 5.69 Å². The SMILES string of the molecule is Cc1ccc(Cl)cc1N([C@@H](C)C(=O)NCc1ccccc1-n1ccnc1C)S(C)(=O)=O. The predicted octanol–water partition coefficient (Wildman–Crippen LogP) is 3.61. The Morgan fingerprint density at radius 3 is 2.58 bits per heavy atom. The highest BCUT2D eigenvalue weighted by atomic mass is 35.5. The number of carbonyl (C=O) groups excluding carboxylic acids is 1. The Morgan fingerprint density at radius 2 is 1.94 bits per heavy atom. The first-order valence-electron chi connectivity index (χ1n) is 9.71. The summed E-state index contributed by atoms with van der Waals surface area (Å²) < 4.78 is 28.2. The maximum absolute atomic E-state index is 13.0. The molecule has 1 amide bonds. The zero-order valence-corrected chi connectivity index (χ0v) is 19.4. The molecule has 0 aliphatic rings. The second kappa shape index (κ2) is 9.11. The van der Waals surface area contributed by atoms with E-state index >= 15 is 0 Å². The van der Waals surface area contributed by atoms with Crippen LogP contribution < -0.4 is 9.62 Å². The number of amides is 1. The second-order valence-electron chi connectivity index (χ2n) is 7.36. The summed E-state index contributed by atoms with van der Waals surface area (Å²) in [5.41, 5.74) is 2.87. The van der Waals surface area contributed by atoms with Crippen molar-refractivity contribution in [2.45, 2.75) is 33.4 Å². The molecule has 31 heavy (non-hydrogen) atoms. The topological polar surface area (TPSA) is 84.3 Å². The third-order valence-electron chi connectivity index (χ3n) is 5.03. The number of anilines is 1. The molecule has 0 aliphatic carbocycles. The van der Waals surface area contributed by atoms with Gasteiger partial charge in [-0.15, -0.1) is 0 Å². The van der Waals surface area contributed by atoms with Gasteiger partial charge in [0.25, 0.3) is 0 Å². The normalized spacial score (nSPS) is 12.4. The summed E-state index contributed by atoms with van der Waals surface area (Å²) in [4.78, 5) is 17.2. The van der Waals surface area contributed by atoms with Crippen molar-refractivity contribution in [2.24, 2.45) is 0 Å². The average molecular weight is 461 g/mol. The molecule has 1 heterocycles. The molecule has 3 aromatic rings. The first-order valence-corrected chi connectivity index (χ1v) is 11.9. The number of nitrogens with zero attached hydrogens (tertiary/aromatic N) is 3. The van der Waals surface area contributed by atoms with Gasteiger partial charge in [-0.3, -0.25) is 9.10 Å². The number of halogens is 1. The van der Waals surface area contributed by atoms with Crippen LogP contribution in [0.1, 0.15) is 23.9 Å². The van der Waals surface area contributed by atoms with Gasteiger partial charge in [-0.1, -0.05) is 35.9 Å². The van der Waals surface area contributed by atoms with E-state index in [0.29, 0.717) is 16.3 Å². The van der Waals surface area contributed by atoms with Gasteiger partial charge in [-0.25, -0.2) is 13.4 Å². The van der Waals surface area contributed by atoms with E-state index in [1.54, 1.807) is 38.2 Å². The molecule has 0 bridgehead atoms. The molecule has 3 rings (SSSR count). The zero-order chi connectivity index (χ0) is 22.8. The minimum absolute atomic E-state index is 0.239. The standard InChI is InChI=1S/C22H25ClN4O3S/c1-15-9-10-19(23)13-21(15)27(31(4,29)30)16(2)22(28)25-14-18-7-5-6-8-20(18)26-12-11-24-17(26)3/h5-13,16H,14H2,1-4H3,(H,25,28)/t16-/m0/s1. The highest BCUT2D eigenvalue weighted by molar-refractivity contribution is 7.92. The second-order valence-corrected chi connectivity index (χ2v) is 9.65. The molecule has 1 N–H and O–H groups in total. The Labute approximate surface area is 187 Å². The largest absolute Gasteiger partial charge is 0.350 e. The quantitative estimate of drug-likeness (QED) is 0.583. The van der Waals surface area contributed by atoms with E-state index in [4.69, 9.17) is 11.6 Å². The van der Waals surface area contributed by atoms with E-state index in [1.807, 2.05) is 42.0 Å². The summed E-state index contributed by atoms with van der Waals surface area (Å²) in [6.07, 6.45) is 4.64. The number of para-hydroxylation sites is 1. The Hall–Kier alpha value is -2.84. The summed E-state index contributed by atoms with van der Waals surface area (Å²) >= 11 is 6.09. The van der Waals surface area contributed by atoms with Gasteiger partial charge in [0.15, 0.2) is 0 Å². The van der Waals surface area contributed by atoms with E-state index < -0.39 is 22.0 Å². The zero-order valence-electron chi connectivity index (χ0n) is 17.8. The molecule has 1 atom stereocenters. The van der Waals surface area contributed by atoms with E-state index in [2.05, 4.69) is 10.3 Å². The van der Waals surface area contributed by atoms with Crippen LogP contribution in [0, 0.1) is 13.8 Å². The maximum Gasteiger partial charge on any atom is 0.243 e.